The molecule has 0 saturated heterocycles. The highest BCUT2D eigenvalue weighted by atomic mass is 32.2. The third-order valence-electron chi connectivity index (χ3n) is 4.82. The van der Waals surface area contributed by atoms with Crippen molar-refractivity contribution >= 4 is 24.4 Å². The molecule has 0 aromatic heterocycles. The first kappa shape index (κ1) is 21.4. The van der Waals surface area contributed by atoms with Crippen LogP contribution in [0.4, 0.5) is 0 Å². The van der Waals surface area contributed by atoms with Crippen LogP contribution in [0, 0.1) is 0 Å². The lowest BCUT2D eigenvalue weighted by atomic mass is 10.1. The Hall–Kier alpha value is -0.860. The molecule has 2 aromatic carbocycles. The lowest BCUT2D eigenvalue weighted by Crippen LogP contribution is -1.84. The second-order valence-electron chi connectivity index (χ2n) is 7.10. The van der Waals surface area contributed by atoms with Crippen LogP contribution in [0.1, 0.15) is 71.1 Å². The summed E-state index contributed by atoms with van der Waals surface area (Å²) in [6.45, 7) is 2.29. The second-order valence-corrected chi connectivity index (χ2v) is 8.79. The fourth-order valence-electron chi connectivity index (χ4n) is 3.18. The monoisotopic (exact) mass is 386 g/mol. The van der Waals surface area contributed by atoms with Crippen molar-refractivity contribution in [1.29, 1.82) is 0 Å². The minimum atomic E-state index is 1.01. The molecule has 2 heteroatoms. The fourth-order valence-corrected chi connectivity index (χ4v) is 4.24. The van der Waals surface area contributed by atoms with Crippen molar-refractivity contribution < 1.29 is 0 Å². The van der Waals surface area contributed by atoms with Gasteiger partial charge in [0.05, 0.1) is 0 Å². The quantitative estimate of drug-likeness (QED) is 0.204. The molecule has 0 heterocycles. The predicted octanol–water partition coefficient (Wildman–Crippen LogP) is 8.66. The zero-order valence-electron chi connectivity index (χ0n) is 16.3. The minimum absolute atomic E-state index is 1.01. The molecule has 0 unspecified atom stereocenters. The summed E-state index contributed by atoms with van der Waals surface area (Å²) in [4.78, 5) is 2.40. The summed E-state index contributed by atoms with van der Waals surface area (Å²) in [5.41, 5.74) is 2.54. The molecule has 26 heavy (non-hydrogen) atoms. The molecule has 0 N–H and O–H groups in total. The summed E-state index contributed by atoms with van der Waals surface area (Å²) in [5, 5.41) is 0. The highest BCUT2D eigenvalue weighted by molar-refractivity contribution is 7.99. The lowest BCUT2D eigenvalue weighted by molar-refractivity contribution is 0.563. The van der Waals surface area contributed by atoms with E-state index in [9.17, 15) is 0 Å². The maximum Gasteiger partial charge on any atom is 0.00723 e. The molecule has 0 amide bonds. The van der Waals surface area contributed by atoms with Gasteiger partial charge in [-0.25, -0.2) is 0 Å². The van der Waals surface area contributed by atoms with Crippen LogP contribution >= 0.6 is 24.4 Å². The van der Waals surface area contributed by atoms with Crippen molar-refractivity contribution in [3.8, 4) is 11.1 Å². The van der Waals surface area contributed by atoms with Gasteiger partial charge in [-0.05, 0) is 47.6 Å². The Kier molecular flexibility index (Phi) is 11.0. The van der Waals surface area contributed by atoms with E-state index in [1.165, 1.54) is 86.0 Å². The number of thiol groups is 1. The number of benzene rings is 2. The van der Waals surface area contributed by atoms with Crippen LogP contribution in [-0.2, 0) is 0 Å². The SMILES string of the molecule is CCCCCCCCCCCCSc1ccc(-c2ccc(S)cc2)cc1. The smallest absolute Gasteiger partial charge is 0.00723 e. The van der Waals surface area contributed by atoms with Crippen molar-refractivity contribution in [2.75, 3.05) is 5.75 Å². The maximum atomic E-state index is 4.35. The molecular weight excluding hydrogens is 352 g/mol. The van der Waals surface area contributed by atoms with E-state index in [1.807, 2.05) is 23.9 Å². The number of rotatable bonds is 13. The largest absolute Gasteiger partial charge is 0.143 e. The van der Waals surface area contributed by atoms with Gasteiger partial charge in [-0.3, -0.25) is 0 Å². The summed E-state index contributed by atoms with van der Waals surface area (Å²) in [6, 6.07) is 17.3. The summed E-state index contributed by atoms with van der Waals surface area (Å²) < 4.78 is 0. The number of hydrogen-bond donors (Lipinski definition) is 1. The Morgan fingerprint density at radius 1 is 0.615 bits per heavy atom. The summed E-state index contributed by atoms with van der Waals surface area (Å²) in [5.74, 6) is 1.24. The molecule has 2 aromatic rings. The molecule has 0 atom stereocenters. The standard InChI is InChI=1S/C24H34S2/c1-2-3-4-5-6-7-8-9-10-11-20-26-24-18-14-22(15-19-24)21-12-16-23(25)17-13-21/h12-19,25H,2-11,20H2,1H3. The van der Waals surface area contributed by atoms with Crippen LogP contribution in [0.2, 0.25) is 0 Å². The molecule has 142 valence electrons. The second kappa shape index (κ2) is 13.3. The van der Waals surface area contributed by atoms with Gasteiger partial charge < -0.3 is 0 Å². The number of hydrogen-bond acceptors (Lipinski definition) is 2. The molecule has 0 bridgehead atoms. The average Bonchev–Trinajstić information content (AvgIpc) is 2.67. The Morgan fingerprint density at radius 3 is 1.62 bits per heavy atom. The van der Waals surface area contributed by atoms with Crippen LogP contribution in [0.15, 0.2) is 58.3 Å². The van der Waals surface area contributed by atoms with Crippen LogP contribution in [-0.4, -0.2) is 5.75 Å². The molecule has 0 saturated carbocycles. The molecule has 0 nitrogen and oxygen atoms in total. The van der Waals surface area contributed by atoms with Gasteiger partial charge >= 0.3 is 0 Å². The molecule has 0 spiro atoms. The topological polar surface area (TPSA) is 0 Å². The van der Waals surface area contributed by atoms with E-state index < -0.39 is 0 Å². The summed E-state index contributed by atoms with van der Waals surface area (Å²) in [6.07, 6.45) is 14.1. The van der Waals surface area contributed by atoms with Crippen molar-refractivity contribution in [2.24, 2.45) is 0 Å². The van der Waals surface area contributed by atoms with Crippen molar-refractivity contribution in [3.63, 3.8) is 0 Å². The third kappa shape index (κ3) is 8.68. The molecular formula is C24H34S2. The molecule has 0 aliphatic carbocycles. The van der Waals surface area contributed by atoms with E-state index in [1.54, 1.807) is 0 Å². The van der Waals surface area contributed by atoms with E-state index in [-0.39, 0.29) is 0 Å². The van der Waals surface area contributed by atoms with Gasteiger partial charge in [-0.2, -0.15) is 0 Å². The molecule has 0 aliphatic rings. The Balaban J connectivity index is 1.54. The van der Waals surface area contributed by atoms with Gasteiger partial charge in [0.25, 0.3) is 0 Å². The summed E-state index contributed by atoms with van der Waals surface area (Å²) >= 11 is 6.34. The Bertz CT molecular complexity index is 587. The Labute approximate surface area is 170 Å². The van der Waals surface area contributed by atoms with E-state index >= 15 is 0 Å². The fraction of sp³-hybridized carbons (Fsp3) is 0.500. The van der Waals surface area contributed by atoms with Gasteiger partial charge in [0.15, 0.2) is 0 Å². The van der Waals surface area contributed by atoms with Crippen LogP contribution in [0.3, 0.4) is 0 Å². The highest BCUT2D eigenvalue weighted by Crippen LogP contribution is 2.26. The zero-order chi connectivity index (χ0) is 18.5. The molecule has 2 rings (SSSR count). The summed E-state index contributed by atoms with van der Waals surface area (Å²) in [7, 11) is 0. The van der Waals surface area contributed by atoms with Crippen LogP contribution in [0.25, 0.3) is 11.1 Å². The Morgan fingerprint density at radius 2 is 1.08 bits per heavy atom. The van der Waals surface area contributed by atoms with Crippen LogP contribution < -0.4 is 0 Å². The minimum Gasteiger partial charge on any atom is -0.143 e. The van der Waals surface area contributed by atoms with Gasteiger partial charge in [-0.1, -0.05) is 89.0 Å². The normalized spacial score (nSPS) is 11.0. The molecule has 0 aliphatic heterocycles. The predicted molar refractivity (Wildman–Crippen MR) is 122 cm³/mol. The third-order valence-corrected chi connectivity index (χ3v) is 6.22. The van der Waals surface area contributed by atoms with Gasteiger partial charge in [-0.15, -0.1) is 24.4 Å². The average molecular weight is 387 g/mol. The van der Waals surface area contributed by atoms with E-state index in [2.05, 4.69) is 56.0 Å². The van der Waals surface area contributed by atoms with Crippen molar-refractivity contribution in [1.82, 2.24) is 0 Å². The van der Waals surface area contributed by atoms with Gasteiger partial charge in [0, 0.05) is 9.79 Å². The number of thioether (sulfide) groups is 1. The first-order chi connectivity index (χ1) is 12.8. The zero-order valence-corrected chi connectivity index (χ0v) is 18.0. The lowest BCUT2D eigenvalue weighted by Gasteiger charge is -2.05. The van der Waals surface area contributed by atoms with Gasteiger partial charge in [0.1, 0.15) is 0 Å². The van der Waals surface area contributed by atoms with E-state index in [0.29, 0.717) is 0 Å². The van der Waals surface area contributed by atoms with Crippen molar-refractivity contribution in [2.45, 2.75) is 80.9 Å². The first-order valence-electron chi connectivity index (χ1n) is 10.3. The van der Waals surface area contributed by atoms with E-state index in [4.69, 9.17) is 0 Å². The van der Waals surface area contributed by atoms with Crippen molar-refractivity contribution in [3.05, 3.63) is 48.5 Å². The van der Waals surface area contributed by atoms with Gasteiger partial charge in [0.2, 0.25) is 0 Å². The highest BCUT2D eigenvalue weighted by Gasteiger charge is 1.99. The number of unbranched alkanes of at least 4 members (excludes halogenated alkanes) is 9. The first-order valence-corrected chi connectivity index (χ1v) is 11.7. The van der Waals surface area contributed by atoms with E-state index in [0.717, 1.165) is 4.90 Å². The molecule has 0 radical (unpaired) electrons. The van der Waals surface area contributed by atoms with Crippen LogP contribution in [0.5, 0.6) is 0 Å². The molecule has 0 fully saturated rings. The maximum absolute atomic E-state index is 4.35.